The molecule has 8 heteroatoms. The summed E-state index contributed by atoms with van der Waals surface area (Å²) in [6, 6.07) is 26.1. The number of hydrogen-bond acceptors (Lipinski definition) is 5. The molecule has 7 nitrogen and oxygen atoms in total. The lowest BCUT2D eigenvalue weighted by molar-refractivity contribution is -0.129. The molecule has 2 unspecified atom stereocenters. The van der Waals surface area contributed by atoms with Crippen molar-refractivity contribution in [1.82, 2.24) is 10.2 Å². The van der Waals surface area contributed by atoms with E-state index in [0.29, 0.717) is 44.4 Å². The molecule has 3 N–H and O–H groups in total. The summed E-state index contributed by atoms with van der Waals surface area (Å²) in [5, 5.41) is 3.70. The molecule has 3 aromatic rings. The van der Waals surface area contributed by atoms with Crippen LogP contribution < -0.4 is 16.4 Å². The van der Waals surface area contributed by atoms with Crippen molar-refractivity contribution < 1.29 is 14.3 Å². The van der Waals surface area contributed by atoms with Crippen molar-refractivity contribution in [2.24, 2.45) is 16.6 Å². The quantitative estimate of drug-likeness (QED) is 0.278. The Labute approximate surface area is 248 Å². The van der Waals surface area contributed by atoms with Gasteiger partial charge in [0.25, 0.3) is 0 Å². The Kier molecular flexibility index (Phi) is 17.6. The number of nitrogens with zero attached hydrogens (tertiary/aromatic N) is 2. The first-order valence-electron chi connectivity index (χ1n) is 14.0. The van der Waals surface area contributed by atoms with Crippen LogP contribution in [0.2, 0.25) is 0 Å². The van der Waals surface area contributed by atoms with Crippen LogP contribution in [0.3, 0.4) is 0 Å². The van der Waals surface area contributed by atoms with Crippen molar-refractivity contribution in [3.8, 4) is 0 Å². The van der Waals surface area contributed by atoms with Gasteiger partial charge < -0.3 is 15.8 Å². The number of hydrogen-bond donors (Lipinski definition) is 2. The largest absolute Gasteiger partial charge is 0.380 e. The summed E-state index contributed by atoms with van der Waals surface area (Å²) in [5.74, 6) is 0.729. The Morgan fingerprint density at radius 1 is 1.02 bits per heavy atom. The Balaban J connectivity index is 0.000000334. The standard InChI is InChI=1S/C15H22N3OP.C8H9NO.C8H10O.C2H6/c1-9(2)13-7-14(19)18(15(16)17-13)8-11-4-10(3)5-12(20)6-11;10-7-9-6-8-4-2-1-3-5-8;1-9-7-8-5-3-2-4-6-8;1-2/h4-6,9,13H,7-8,20H2,1-3H3,(H2,16,17);1-5,7H,6H2,(H,9,10);2-6H,7H2,1H3;1-2H3. The predicted molar refractivity (Wildman–Crippen MR) is 174 cm³/mol. The van der Waals surface area contributed by atoms with Crippen LogP contribution in [0.25, 0.3) is 0 Å². The number of ether oxygens (including phenoxy) is 1. The van der Waals surface area contributed by atoms with Gasteiger partial charge in [-0.2, -0.15) is 0 Å². The fraction of sp³-hybridized carbons (Fsp3) is 0.364. The smallest absolute Gasteiger partial charge is 0.231 e. The van der Waals surface area contributed by atoms with Crippen LogP contribution in [0.1, 0.15) is 56.4 Å². The summed E-state index contributed by atoms with van der Waals surface area (Å²) in [5.41, 5.74) is 10.6. The number of amides is 2. The van der Waals surface area contributed by atoms with E-state index in [1.165, 1.54) is 11.1 Å². The summed E-state index contributed by atoms with van der Waals surface area (Å²) >= 11 is 0. The zero-order chi connectivity index (χ0) is 30.6. The van der Waals surface area contributed by atoms with Crippen LogP contribution in [0.4, 0.5) is 0 Å². The third-order valence-electron chi connectivity index (χ3n) is 5.92. The van der Waals surface area contributed by atoms with Gasteiger partial charge in [0, 0.05) is 13.7 Å². The van der Waals surface area contributed by atoms with Gasteiger partial charge in [0.1, 0.15) is 0 Å². The minimum absolute atomic E-state index is 0.00792. The molecule has 1 aliphatic rings. The third-order valence-corrected chi connectivity index (χ3v) is 6.25. The van der Waals surface area contributed by atoms with E-state index in [1.54, 1.807) is 12.0 Å². The summed E-state index contributed by atoms with van der Waals surface area (Å²) in [4.78, 5) is 28.2. The highest BCUT2D eigenvalue weighted by molar-refractivity contribution is 7.27. The number of nitrogens with one attached hydrogen (secondary N) is 1. The predicted octanol–water partition coefficient (Wildman–Crippen LogP) is 5.36. The molecule has 2 amide bonds. The van der Waals surface area contributed by atoms with Crippen LogP contribution in [0, 0.1) is 12.8 Å². The van der Waals surface area contributed by atoms with E-state index in [9.17, 15) is 9.59 Å². The number of aliphatic imine (C=N–C) groups is 1. The number of benzene rings is 3. The van der Waals surface area contributed by atoms with E-state index in [0.717, 1.165) is 16.4 Å². The second-order valence-electron chi connectivity index (χ2n) is 9.64. The van der Waals surface area contributed by atoms with Crippen LogP contribution in [0.5, 0.6) is 0 Å². The van der Waals surface area contributed by atoms with Crippen molar-refractivity contribution in [1.29, 1.82) is 0 Å². The lowest BCUT2D eigenvalue weighted by atomic mass is 9.99. The molecule has 0 bridgehead atoms. The van der Waals surface area contributed by atoms with Gasteiger partial charge in [-0.15, -0.1) is 9.24 Å². The Morgan fingerprint density at radius 2 is 1.61 bits per heavy atom. The van der Waals surface area contributed by atoms with Gasteiger partial charge in [-0.05, 0) is 34.8 Å². The van der Waals surface area contributed by atoms with E-state index in [2.05, 4.69) is 45.5 Å². The van der Waals surface area contributed by atoms with Crippen molar-refractivity contribution in [3.63, 3.8) is 0 Å². The summed E-state index contributed by atoms with van der Waals surface area (Å²) in [6.07, 6.45) is 1.14. The minimum atomic E-state index is 0.00792. The highest BCUT2D eigenvalue weighted by Gasteiger charge is 2.29. The molecule has 0 aromatic heterocycles. The number of guanidine groups is 1. The zero-order valence-corrected chi connectivity index (χ0v) is 26.5. The maximum Gasteiger partial charge on any atom is 0.231 e. The molecule has 222 valence electrons. The van der Waals surface area contributed by atoms with E-state index >= 15 is 0 Å². The lowest BCUT2D eigenvalue weighted by Crippen LogP contribution is -2.47. The van der Waals surface area contributed by atoms with E-state index in [4.69, 9.17) is 10.5 Å². The number of aryl methyl sites for hydroxylation is 1. The molecule has 0 fully saturated rings. The second kappa shape index (κ2) is 20.4. The summed E-state index contributed by atoms with van der Waals surface area (Å²) in [6.45, 7) is 12.0. The van der Waals surface area contributed by atoms with Crippen molar-refractivity contribution in [3.05, 3.63) is 101 Å². The molecule has 0 spiro atoms. The minimum Gasteiger partial charge on any atom is -0.380 e. The number of carbonyl (C=O) groups excluding carboxylic acids is 2. The maximum atomic E-state index is 12.3. The van der Waals surface area contributed by atoms with Crippen molar-refractivity contribution in [2.75, 3.05) is 7.11 Å². The number of methoxy groups -OCH3 is 1. The van der Waals surface area contributed by atoms with E-state index in [1.807, 2.05) is 87.5 Å². The fourth-order valence-corrected chi connectivity index (χ4v) is 4.40. The number of carbonyl (C=O) groups is 2. The molecule has 1 aliphatic heterocycles. The number of rotatable bonds is 8. The van der Waals surface area contributed by atoms with Crippen molar-refractivity contribution in [2.45, 2.75) is 66.8 Å². The molecular formula is C33H47N4O3P. The summed E-state index contributed by atoms with van der Waals surface area (Å²) in [7, 11) is 4.39. The van der Waals surface area contributed by atoms with Gasteiger partial charge in [-0.3, -0.25) is 14.5 Å². The van der Waals surface area contributed by atoms with Crippen LogP contribution >= 0.6 is 9.24 Å². The first kappa shape index (κ1) is 35.5. The van der Waals surface area contributed by atoms with E-state index in [-0.39, 0.29) is 11.9 Å². The van der Waals surface area contributed by atoms with Gasteiger partial charge in [0.2, 0.25) is 12.3 Å². The first-order chi connectivity index (χ1) is 19.7. The lowest BCUT2D eigenvalue weighted by Gasteiger charge is -2.30. The highest BCUT2D eigenvalue weighted by atomic mass is 31.0. The Morgan fingerprint density at radius 3 is 2.10 bits per heavy atom. The van der Waals surface area contributed by atoms with Crippen LogP contribution in [0.15, 0.2) is 83.9 Å². The molecule has 41 heavy (non-hydrogen) atoms. The van der Waals surface area contributed by atoms with Gasteiger partial charge in [-0.25, -0.2) is 4.99 Å². The number of nitrogens with two attached hydrogens (primary N) is 1. The molecule has 1 heterocycles. The van der Waals surface area contributed by atoms with Gasteiger partial charge in [0.05, 0.1) is 25.6 Å². The maximum absolute atomic E-state index is 12.3. The molecule has 4 rings (SSSR count). The Bertz CT molecular complexity index is 1170. The molecule has 3 aromatic carbocycles. The molecule has 0 aliphatic carbocycles. The fourth-order valence-electron chi connectivity index (χ4n) is 3.92. The molecule has 0 radical (unpaired) electrons. The zero-order valence-electron chi connectivity index (χ0n) is 25.3. The third kappa shape index (κ3) is 14.1. The van der Waals surface area contributed by atoms with Crippen molar-refractivity contribution >= 4 is 32.8 Å². The summed E-state index contributed by atoms with van der Waals surface area (Å²) < 4.78 is 4.93. The van der Waals surface area contributed by atoms with Gasteiger partial charge in [0.15, 0.2) is 5.96 Å². The van der Waals surface area contributed by atoms with Crippen LogP contribution in [-0.2, 0) is 34.0 Å². The molecule has 0 saturated heterocycles. The Hall–Kier alpha value is -3.54. The SMILES string of the molecule is CC.COCc1ccccc1.Cc1cc(P)cc(CN2C(=O)CC(C(C)C)N=C2N)c1.O=CNCc1ccccc1. The molecule has 0 saturated carbocycles. The topological polar surface area (TPSA) is 97.0 Å². The van der Waals surface area contributed by atoms with Gasteiger partial charge >= 0.3 is 0 Å². The first-order valence-corrected chi connectivity index (χ1v) is 14.5. The normalized spacial score (nSPS) is 13.9. The second-order valence-corrected chi connectivity index (χ2v) is 10.3. The van der Waals surface area contributed by atoms with E-state index < -0.39 is 0 Å². The van der Waals surface area contributed by atoms with Gasteiger partial charge in [-0.1, -0.05) is 112 Å². The average Bonchev–Trinajstić information content (AvgIpc) is 2.96. The molecular weight excluding hydrogens is 531 g/mol. The highest BCUT2D eigenvalue weighted by Crippen LogP contribution is 2.19. The average molecular weight is 579 g/mol. The monoisotopic (exact) mass is 578 g/mol. The van der Waals surface area contributed by atoms with Crippen LogP contribution in [-0.4, -0.2) is 36.3 Å². The molecule has 2 atom stereocenters.